The molecule has 0 radical (unpaired) electrons. The minimum Gasteiger partial charge on any atom is -0.478 e. The van der Waals surface area contributed by atoms with Gasteiger partial charge in [-0.2, -0.15) is 13.2 Å². The van der Waals surface area contributed by atoms with Gasteiger partial charge in [-0.15, -0.1) is 0 Å². The zero-order chi connectivity index (χ0) is 14.8. The van der Waals surface area contributed by atoms with Crippen LogP contribution < -0.4 is 5.32 Å². The van der Waals surface area contributed by atoms with Gasteiger partial charge in [0.05, 0.1) is 11.3 Å². The fourth-order valence-electron chi connectivity index (χ4n) is 1.19. The molecule has 0 aromatic heterocycles. The first-order valence-electron chi connectivity index (χ1n) is 4.73. The molecule has 1 aromatic carbocycles. The van der Waals surface area contributed by atoms with E-state index < -0.39 is 23.6 Å². The van der Waals surface area contributed by atoms with E-state index in [1.54, 1.807) is 5.32 Å². The maximum absolute atomic E-state index is 12.1. The van der Waals surface area contributed by atoms with Crippen molar-refractivity contribution in [3.8, 4) is 0 Å². The summed E-state index contributed by atoms with van der Waals surface area (Å²) < 4.78 is 36.4. The predicted octanol–water partition coefficient (Wildman–Crippen LogP) is 2.94. The van der Waals surface area contributed by atoms with Crippen molar-refractivity contribution in [1.29, 1.82) is 0 Å². The summed E-state index contributed by atoms with van der Waals surface area (Å²) >= 11 is 5.59. The van der Waals surface area contributed by atoms with E-state index in [0.29, 0.717) is 0 Å². The molecular weight excluding hydrogens is 287 g/mol. The van der Waals surface area contributed by atoms with Gasteiger partial charge in [-0.3, -0.25) is 4.79 Å². The molecule has 19 heavy (non-hydrogen) atoms. The molecule has 1 aromatic rings. The van der Waals surface area contributed by atoms with Crippen LogP contribution in [0.2, 0.25) is 5.02 Å². The molecule has 8 heteroatoms. The van der Waals surface area contributed by atoms with Crippen molar-refractivity contribution in [2.24, 2.45) is 0 Å². The fourth-order valence-corrected chi connectivity index (χ4v) is 1.36. The highest BCUT2D eigenvalue weighted by Crippen LogP contribution is 2.28. The average molecular weight is 294 g/mol. The summed E-state index contributed by atoms with van der Waals surface area (Å²) in [5.41, 5.74) is -0.995. The maximum Gasteiger partial charge on any atom is 0.471 e. The number of hydrogen-bond donors (Lipinski definition) is 2. The third kappa shape index (κ3) is 3.72. The second kappa shape index (κ2) is 5.31. The molecule has 0 spiro atoms. The van der Waals surface area contributed by atoms with Crippen molar-refractivity contribution in [3.05, 3.63) is 35.4 Å². The molecule has 1 rings (SSSR count). The van der Waals surface area contributed by atoms with Crippen LogP contribution in [-0.4, -0.2) is 23.2 Å². The van der Waals surface area contributed by atoms with Crippen molar-refractivity contribution < 1.29 is 27.9 Å². The van der Waals surface area contributed by atoms with Crippen molar-refractivity contribution in [2.75, 3.05) is 5.32 Å². The van der Waals surface area contributed by atoms with Gasteiger partial charge in [-0.05, 0) is 12.1 Å². The van der Waals surface area contributed by atoms with Gasteiger partial charge >= 0.3 is 18.1 Å². The monoisotopic (exact) mass is 293 g/mol. The van der Waals surface area contributed by atoms with E-state index in [9.17, 15) is 22.8 Å². The molecule has 0 atom stereocenters. The summed E-state index contributed by atoms with van der Waals surface area (Å²) in [5, 5.41) is 10.4. The second-order valence-corrected chi connectivity index (χ2v) is 3.86. The zero-order valence-electron chi connectivity index (χ0n) is 9.21. The summed E-state index contributed by atoms with van der Waals surface area (Å²) in [6.07, 6.45) is -5.09. The molecule has 4 nitrogen and oxygen atoms in total. The number of nitrogens with one attached hydrogen (secondary N) is 1. The Hall–Kier alpha value is -2.02. The van der Waals surface area contributed by atoms with Crippen LogP contribution in [0.4, 0.5) is 18.9 Å². The van der Waals surface area contributed by atoms with Crippen LogP contribution in [0.1, 0.15) is 5.56 Å². The number of amides is 1. The molecule has 0 saturated heterocycles. The minimum absolute atomic E-state index is 0.0411. The number of halogens is 4. The quantitative estimate of drug-likeness (QED) is 0.842. The van der Waals surface area contributed by atoms with Crippen LogP contribution in [0.15, 0.2) is 24.8 Å². The van der Waals surface area contributed by atoms with Gasteiger partial charge in [-0.25, -0.2) is 4.79 Å². The number of carbonyl (C=O) groups is 2. The van der Waals surface area contributed by atoms with Crippen LogP contribution in [0, 0.1) is 0 Å². The molecule has 0 aliphatic carbocycles. The zero-order valence-corrected chi connectivity index (χ0v) is 9.97. The lowest BCUT2D eigenvalue weighted by molar-refractivity contribution is -0.167. The number of anilines is 1. The Morgan fingerprint density at radius 1 is 1.32 bits per heavy atom. The van der Waals surface area contributed by atoms with E-state index in [-0.39, 0.29) is 16.3 Å². The van der Waals surface area contributed by atoms with Gasteiger partial charge in [0.2, 0.25) is 0 Å². The molecule has 0 fully saturated rings. The Morgan fingerprint density at radius 3 is 2.37 bits per heavy atom. The average Bonchev–Trinajstić information content (AvgIpc) is 2.27. The van der Waals surface area contributed by atoms with Gasteiger partial charge in [0.15, 0.2) is 0 Å². The molecule has 0 unspecified atom stereocenters. The third-order valence-corrected chi connectivity index (χ3v) is 2.31. The van der Waals surface area contributed by atoms with Gasteiger partial charge in [0.25, 0.3) is 0 Å². The first-order valence-corrected chi connectivity index (χ1v) is 5.11. The fraction of sp³-hybridized carbons (Fsp3) is 0.0909. The second-order valence-electron chi connectivity index (χ2n) is 3.43. The molecule has 0 saturated carbocycles. The predicted molar refractivity (Wildman–Crippen MR) is 62.8 cm³/mol. The van der Waals surface area contributed by atoms with E-state index in [4.69, 9.17) is 16.7 Å². The molecule has 1 amide bonds. The number of benzene rings is 1. The van der Waals surface area contributed by atoms with E-state index >= 15 is 0 Å². The number of aliphatic carboxylic acids is 1. The smallest absolute Gasteiger partial charge is 0.471 e. The largest absolute Gasteiger partial charge is 0.478 e. The van der Waals surface area contributed by atoms with E-state index in [1.807, 2.05) is 0 Å². The topological polar surface area (TPSA) is 66.4 Å². The summed E-state index contributed by atoms with van der Waals surface area (Å²) in [4.78, 5) is 21.6. The lowest BCUT2D eigenvalue weighted by Gasteiger charge is -2.12. The molecule has 0 aliphatic rings. The van der Waals surface area contributed by atoms with Crippen LogP contribution in [0.25, 0.3) is 5.57 Å². The van der Waals surface area contributed by atoms with E-state index in [2.05, 4.69) is 6.58 Å². The van der Waals surface area contributed by atoms with Crippen molar-refractivity contribution >= 4 is 34.7 Å². The Labute approximate surface area is 110 Å². The lowest BCUT2D eigenvalue weighted by Crippen LogP contribution is -2.30. The van der Waals surface area contributed by atoms with Crippen molar-refractivity contribution in [3.63, 3.8) is 0 Å². The summed E-state index contributed by atoms with van der Waals surface area (Å²) in [5.74, 6) is -3.65. The molecule has 0 bridgehead atoms. The van der Waals surface area contributed by atoms with Crippen molar-refractivity contribution in [1.82, 2.24) is 0 Å². The Balaban J connectivity index is 3.19. The molecule has 2 N–H and O–H groups in total. The summed E-state index contributed by atoms with van der Waals surface area (Å²) in [7, 11) is 0. The van der Waals surface area contributed by atoms with Gasteiger partial charge in [0.1, 0.15) is 0 Å². The van der Waals surface area contributed by atoms with Crippen LogP contribution >= 0.6 is 11.6 Å². The highest BCUT2D eigenvalue weighted by atomic mass is 35.5. The highest BCUT2D eigenvalue weighted by Gasteiger charge is 2.39. The van der Waals surface area contributed by atoms with E-state index in [1.165, 1.54) is 6.07 Å². The molecule has 102 valence electrons. The first kappa shape index (κ1) is 15.0. The molecule has 0 aliphatic heterocycles. The SMILES string of the molecule is C=C(C(=O)O)c1ccc(Cl)cc1NC(=O)C(F)(F)F. The number of carbonyl (C=O) groups excluding carboxylic acids is 1. The van der Waals surface area contributed by atoms with Crippen LogP contribution in [0.3, 0.4) is 0 Å². The van der Waals surface area contributed by atoms with Gasteiger partial charge in [-0.1, -0.05) is 24.2 Å². The standard InChI is InChI=1S/C11H7ClF3NO3/c1-5(9(17)18)7-3-2-6(12)4-8(7)16-10(19)11(13,14)15/h2-4H,1H2,(H,16,19)(H,17,18). The van der Waals surface area contributed by atoms with Gasteiger partial charge in [0, 0.05) is 10.6 Å². The molecule has 0 heterocycles. The number of rotatable bonds is 3. The van der Waals surface area contributed by atoms with Crippen LogP contribution in [0.5, 0.6) is 0 Å². The van der Waals surface area contributed by atoms with Crippen molar-refractivity contribution in [2.45, 2.75) is 6.18 Å². The summed E-state index contributed by atoms with van der Waals surface area (Å²) in [6, 6.07) is 3.44. The number of carboxylic acid groups (broad SMARTS) is 1. The first-order chi connectivity index (χ1) is 8.62. The van der Waals surface area contributed by atoms with Crippen LogP contribution in [-0.2, 0) is 9.59 Å². The summed E-state index contributed by atoms with van der Waals surface area (Å²) in [6.45, 7) is 3.21. The number of alkyl halides is 3. The Bertz CT molecular complexity index is 555. The third-order valence-electron chi connectivity index (χ3n) is 2.07. The molecular formula is C11H7ClF3NO3. The normalized spacial score (nSPS) is 10.9. The Morgan fingerprint density at radius 2 is 1.89 bits per heavy atom. The maximum atomic E-state index is 12.1. The number of carboxylic acids is 1. The minimum atomic E-state index is -5.09. The number of hydrogen-bond acceptors (Lipinski definition) is 2. The Kier molecular flexibility index (Phi) is 4.21. The van der Waals surface area contributed by atoms with Gasteiger partial charge < -0.3 is 10.4 Å². The van der Waals surface area contributed by atoms with E-state index in [0.717, 1.165) is 12.1 Å². The lowest BCUT2D eigenvalue weighted by atomic mass is 10.1. The highest BCUT2D eigenvalue weighted by molar-refractivity contribution is 6.31.